The minimum absolute atomic E-state index is 0. The van der Waals surface area contributed by atoms with Crippen LogP contribution >= 0.6 is 0 Å². The maximum atomic E-state index is 4.91. The van der Waals surface area contributed by atoms with Gasteiger partial charge in [-0.05, 0) is 0 Å². The maximum absolute atomic E-state index is 4.91. The Bertz CT molecular complexity index is 26.9. The van der Waals surface area contributed by atoms with Gasteiger partial charge in [-0.25, -0.2) is 0 Å². The SMILES string of the molecule is C=CCN.[Ca+2].[H-].[H-]. The van der Waals surface area contributed by atoms with Gasteiger partial charge in [-0.15, -0.1) is 6.58 Å². The molecule has 0 fully saturated rings. The molecule has 0 aliphatic rings. The second-order valence-electron chi connectivity index (χ2n) is 0.524. The van der Waals surface area contributed by atoms with Crippen molar-refractivity contribution >= 4 is 37.7 Å². The van der Waals surface area contributed by atoms with Crippen LogP contribution in [0, 0.1) is 0 Å². The van der Waals surface area contributed by atoms with E-state index < -0.39 is 0 Å². The van der Waals surface area contributed by atoms with Crippen molar-refractivity contribution in [1.29, 1.82) is 0 Å². The van der Waals surface area contributed by atoms with E-state index in [4.69, 9.17) is 5.73 Å². The van der Waals surface area contributed by atoms with E-state index >= 15 is 0 Å². The molecule has 0 spiro atoms. The summed E-state index contributed by atoms with van der Waals surface area (Å²) in [4.78, 5) is 0. The minimum Gasteiger partial charge on any atom is -1.00 e. The molecule has 28 valence electrons. The van der Waals surface area contributed by atoms with Gasteiger partial charge in [0, 0.05) is 6.54 Å². The van der Waals surface area contributed by atoms with E-state index in [-0.39, 0.29) is 40.6 Å². The summed E-state index contributed by atoms with van der Waals surface area (Å²) in [5.74, 6) is 0. The molecule has 0 unspecified atom stereocenters. The van der Waals surface area contributed by atoms with Crippen LogP contribution < -0.4 is 5.73 Å². The zero-order valence-corrected chi connectivity index (χ0v) is 5.48. The van der Waals surface area contributed by atoms with Gasteiger partial charge >= 0.3 is 37.7 Å². The molecule has 0 atom stereocenters. The third-order valence-electron chi connectivity index (χ3n) is 0.167. The molecule has 0 rings (SSSR count). The van der Waals surface area contributed by atoms with Crippen LogP contribution in [0.15, 0.2) is 12.7 Å². The number of hydrogen-bond donors (Lipinski definition) is 1. The summed E-state index contributed by atoms with van der Waals surface area (Å²) in [6.07, 6.45) is 1.65. The Balaban J connectivity index is -0.0000000150. The molecule has 2 N–H and O–H groups in total. The summed E-state index contributed by atoms with van der Waals surface area (Å²) in [6.45, 7) is 3.94. The van der Waals surface area contributed by atoms with Gasteiger partial charge < -0.3 is 8.59 Å². The van der Waals surface area contributed by atoms with Gasteiger partial charge in [0.2, 0.25) is 0 Å². The number of nitrogens with two attached hydrogens (primary N) is 1. The Morgan fingerprint density at radius 3 is 2.20 bits per heavy atom. The second-order valence-corrected chi connectivity index (χ2v) is 0.524. The smallest absolute Gasteiger partial charge is 1.00 e. The second kappa shape index (κ2) is 8.88. The first-order valence-corrected chi connectivity index (χ1v) is 1.22. The average molecular weight is 99.2 g/mol. The quantitative estimate of drug-likeness (QED) is 0.363. The Hall–Kier alpha value is 0.960. The van der Waals surface area contributed by atoms with E-state index in [0.29, 0.717) is 6.54 Å². The molecule has 0 aromatic carbocycles. The predicted octanol–water partition coefficient (Wildman–Crippen LogP) is -0.0247. The summed E-state index contributed by atoms with van der Waals surface area (Å²) < 4.78 is 0. The number of rotatable bonds is 1. The Morgan fingerprint density at radius 1 is 2.00 bits per heavy atom. The van der Waals surface area contributed by atoms with Gasteiger partial charge in [-0.3, -0.25) is 0 Å². The molecular weight excluding hydrogens is 90.1 g/mol. The molecule has 0 saturated carbocycles. The van der Waals surface area contributed by atoms with Crippen molar-refractivity contribution in [3.63, 3.8) is 0 Å². The first-order chi connectivity index (χ1) is 1.91. The van der Waals surface area contributed by atoms with E-state index in [1.165, 1.54) is 0 Å². The van der Waals surface area contributed by atoms with Crippen LogP contribution in [0.3, 0.4) is 0 Å². The van der Waals surface area contributed by atoms with Crippen LogP contribution in [0.25, 0.3) is 0 Å². The molecule has 5 heavy (non-hydrogen) atoms. The summed E-state index contributed by atoms with van der Waals surface area (Å²) in [6, 6.07) is 0. The normalized spacial score (nSPS) is 5.00. The van der Waals surface area contributed by atoms with Crippen LogP contribution in [0.5, 0.6) is 0 Å². The third-order valence-corrected chi connectivity index (χ3v) is 0.167. The van der Waals surface area contributed by atoms with Gasteiger partial charge in [0.05, 0.1) is 0 Å². The first-order valence-electron chi connectivity index (χ1n) is 1.22. The summed E-state index contributed by atoms with van der Waals surface area (Å²) in [5.41, 5.74) is 4.91. The van der Waals surface area contributed by atoms with Crippen molar-refractivity contribution in [2.45, 2.75) is 0 Å². The molecule has 0 aliphatic heterocycles. The predicted molar refractivity (Wildman–Crippen MR) is 27.2 cm³/mol. The van der Waals surface area contributed by atoms with Gasteiger partial charge in [-0.1, -0.05) is 6.08 Å². The van der Waals surface area contributed by atoms with Crippen molar-refractivity contribution < 1.29 is 2.85 Å². The Morgan fingerprint density at radius 2 is 2.20 bits per heavy atom. The van der Waals surface area contributed by atoms with Crippen LogP contribution in [0.1, 0.15) is 2.85 Å². The van der Waals surface area contributed by atoms with Gasteiger partial charge in [-0.2, -0.15) is 0 Å². The molecule has 0 saturated heterocycles. The van der Waals surface area contributed by atoms with E-state index in [1.807, 2.05) is 0 Å². The van der Waals surface area contributed by atoms with Crippen molar-refractivity contribution in [3.05, 3.63) is 12.7 Å². The van der Waals surface area contributed by atoms with Crippen molar-refractivity contribution in [3.8, 4) is 0 Å². The standard InChI is InChI=1S/C3H7N.Ca.2H/c1-2-3-4;;;/h2H,1,3-4H2;;;/q;+2;2*-1. The molecule has 0 aromatic heterocycles. The molecule has 0 bridgehead atoms. The topological polar surface area (TPSA) is 26.0 Å². The van der Waals surface area contributed by atoms with Gasteiger partial charge in [0.1, 0.15) is 0 Å². The van der Waals surface area contributed by atoms with Crippen LogP contribution in [-0.2, 0) is 0 Å². The van der Waals surface area contributed by atoms with Crippen LogP contribution in [0.2, 0.25) is 0 Å². The fraction of sp³-hybridized carbons (Fsp3) is 0.333. The zero-order chi connectivity index (χ0) is 3.41. The van der Waals surface area contributed by atoms with Crippen LogP contribution in [-0.4, -0.2) is 44.3 Å². The van der Waals surface area contributed by atoms with E-state index in [0.717, 1.165) is 0 Å². The van der Waals surface area contributed by atoms with E-state index in [1.54, 1.807) is 6.08 Å². The Kier molecular flexibility index (Phi) is 16.6. The largest absolute Gasteiger partial charge is 2.00 e. The van der Waals surface area contributed by atoms with Crippen molar-refractivity contribution in [2.24, 2.45) is 5.73 Å². The van der Waals surface area contributed by atoms with E-state index in [2.05, 4.69) is 6.58 Å². The Labute approximate surface area is 65.2 Å². The summed E-state index contributed by atoms with van der Waals surface area (Å²) >= 11 is 0. The average Bonchev–Trinajstić information content (AvgIpc) is 1.37. The molecule has 1 nitrogen and oxygen atoms in total. The molecule has 0 radical (unpaired) electrons. The fourth-order valence-corrected chi connectivity index (χ4v) is 0. The molecule has 2 heteroatoms. The molecular formula is C3H9CaN. The molecule has 0 aromatic rings. The van der Waals surface area contributed by atoms with Gasteiger partial charge in [0.25, 0.3) is 0 Å². The van der Waals surface area contributed by atoms with Crippen LogP contribution in [0.4, 0.5) is 0 Å². The fourth-order valence-electron chi connectivity index (χ4n) is 0. The molecule has 0 heterocycles. The molecule has 0 aliphatic carbocycles. The molecule has 0 amide bonds. The summed E-state index contributed by atoms with van der Waals surface area (Å²) in [5, 5.41) is 0. The van der Waals surface area contributed by atoms with E-state index in [9.17, 15) is 0 Å². The van der Waals surface area contributed by atoms with Crippen molar-refractivity contribution in [2.75, 3.05) is 6.54 Å². The first kappa shape index (κ1) is 9.35. The minimum atomic E-state index is 0. The zero-order valence-electron chi connectivity index (χ0n) is 5.28. The van der Waals surface area contributed by atoms with Crippen molar-refractivity contribution in [1.82, 2.24) is 0 Å². The third kappa shape index (κ3) is 11.3. The summed E-state index contributed by atoms with van der Waals surface area (Å²) in [7, 11) is 0. The monoisotopic (exact) mass is 99.0 g/mol. The maximum Gasteiger partial charge on any atom is 2.00 e. The van der Waals surface area contributed by atoms with Gasteiger partial charge in [0.15, 0.2) is 0 Å². The number of hydrogen-bond acceptors (Lipinski definition) is 1.